The number of Topliss-reactive ketones (excluding diaryl/α,β-unsaturated/α-hetero) is 1. The van der Waals surface area contributed by atoms with E-state index in [2.05, 4.69) is 13.8 Å². The molecule has 0 aromatic carbocycles. The standard InChI is InChI=1S/C12H23NO2/c1-6-7-12(15)13(5)11(10(4)14)8-9(2)3/h9,11H,6-8H2,1-5H3/t11-/m1/s1. The zero-order chi connectivity index (χ0) is 12.0. The first-order valence-corrected chi connectivity index (χ1v) is 5.66. The van der Waals surface area contributed by atoms with E-state index < -0.39 is 0 Å². The van der Waals surface area contributed by atoms with Crippen molar-refractivity contribution in [3.63, 3.8) is 0 Å². The summed E-state index contributed by atoms with van der Waals surface area (Å²) in [7, 11) is 1.73. The Balaban J connectivity index is 4.47. The zero-order valence-corrected chi connectivity index (χ0v) is 10.5. The van der Waals surface area contributed by atoms with Crippen molar-refractivity contribution in [1.29, 1.82) is 0 Å². The first kappa shape index (κ1) is 14.1. The van der Waals surface area contributed by atoms with Gasteiger partial charge in [0.05, 0.1) is 6.04 Å². The molecule has 0 saturated heterocycles. The summed E-state index contributed by atoms with van der Waals surface area (Å²) in [5.41, 5.74) is 0. The van der Waals surface area contributed by atoms with Gasteiger partial charge in [-0.3, -0.25) is 9.59 Å². The Kier molecular flexibility index (Phi) is 6.21. The van der Waals surface area contributed by atoms with Gasteiger partial charge in [-0.05, 0) is 25.7 Å². The third-order valence-corrected chi connectivity index (χ3v) is 2.49. The number of carbonyl (C=O) groups excluding carboxylic acids is 2. The minimum atomic E-state index is -0.246. The normalized spacial score (nSPS) is 12.7. The van der Waals surface area contributed by atoms with Gasteiger partial charge < -0.3 is 4.90 Å². The molecular formula is C12H23NO2. The van der Waals surface area contributed by atoms with E-state index in [0.717, 1.165) is 12.8 Å². The number of hydrogen-bond donors (Lipinski definition) is 0. The second kappa shape index (κ2) is 6.59. The molecule has 15 heavy (non-hydrogen) atoms. The third kappa shape index (κ3) is 4.96. The van der Waals surface area contributed by atoms with Crippen molar-refractivity contribution in [1.82, 2.24) is 4.90 Å². The summed E-state index contributed by atoms with van der Waals surface area (Å²) in [6, 6.07) is -0.246. The molecule has 0 fully saturated rings. The highest BCUT2D eigenvalue weighted by molar-refractivity contribution is 5.87. The molecule has 1 amide bonds. The summed E-state index contributed by atoms with van der Waals surface area (Å²) in [6.45, 7) is 7.65. The number of amides is 1. The van der Waals surface area contributed by atoms with Crippen LogP contribution < -0.4 is 0 Å². The summed E-state index contributed by atoms with van der Waals surface area (Å²) in [5, 5.41) is 0. The summed E-state index contributed by atoms with van der Waals surface area (Å²) < 4.78 is 0. The monoisotopic (exact) mass is 213 g/mol. The molecule has 1 atom stereocenters. The van der Waals surface area contributed by atoms with E-state index in [-0.39, 0.29) is 17.7 Å². The van der Waals surface area contributed by atoms with Gasteiger partial charge in [-0.1, -0.05) is 20.8 Å². The van der Waals surface area contributed by atoms with Crippen molar-refractivity contribution in [2.24, 2.45) is 5.92 Å². The van der Waals surface area contributed by atoms with Crippen molar-refractivity contribution < 1.29 is 9.59 Å². The molecule has 0 aliphatic heterocycles. The molecule has 0 rings (SSSR count). The lowest BCUT2D eigenvalue weighted by atomic mass is 9.99. The largest absolute Gasteiger partial charge is 0.336 e. The Morgan fingerprint density at radius 3 is 2.13 bits per heavy atom. The molecule has 0 aliphatic carbocycles. The van der Waals surface area contributed by atoms with Crippen LogP contribution in [-0.2, 0) is 9.59 Å². The molecule has 0 aliphatic rings. The van der Waals surface area contributed by atoms with E-state index in [1.165, 1.54) is 0 Å². The Morgan fingerprint density at radius 1 is 1.27 bits per heavy atom. The molecule has 0 saturated carbocycles. The molecular weight excluding hydrogens is 190 g/mol. The highest BCUT2D eigenvalue weighted by atomic mass is 16.2. The fourth-order valence-corrected chi connectivity index (χ4v) is 1.61. The molecule has 0 radical (unpaired) electrons. The molecule has 0 N–H and O–H groups in total. The van der Waals surface area contributed by atoms with Crippen LogP contribution in [0.25, 0.3) is 0 Å². The summed E-state index contributed by atoms with van der Waals surface area (Å²) >= 11 is 0. The number of hydrogen-bond acceptors (Lipinski definition) is 2. The van der Waals surface area contributed by atoms with Crippen LogP contribution in [0.5, 0.6) is 0 Å². The van der Waals surface area contributed by atoms with E-state index >= 15 is 0 Å². The molecule has 3 heteroatoms. The van der Waals surface area contributed by atoms with E-state index in [0.29, 0.717) is 12.3 Å². The zero-order valence-electron chi connectivity index (χ0n) is 10.5. The van der Waals surface area contributed by atoms with Gasteiger partial charge in [-0.15, -0.1) is 0 Å². The van der Waals surface area contributed by atoms with Gasteiger partial charge in [0.2, 0.25) is 5.91 Å². The fraction of sp³-hybridized carbons (Fsp3) is 0.833. The molecule has 0 unspecified atom stereocenters. The van der Waals surface area contributed by atoms with Gasteiger partial charge >= 0.3 is 0 Å². The SMILES string of the molecule is CCCC(=O)N(C)[C@H](CC(C)C)C(C)=O. The first-order chi connectivity index (χ1) is 6.90. The molecule has 88 valence electrons. The molecule has 3 nitrogen and oxygen atoms in total. The smallest absolute Gasteiger partial charge is 0.222 e. The Hall–Kier alpha value is -0.860. The number of likely N-dealkylation sites (N-methyl/N-ethyl adjacent to an activating group) is 1. The molecule has 0 aromatic rings. The number of rotatable bonds is 6. The van der Waals surface area contributed by atoms with Crippen molar-refractivity contribution >= 4 is 11.7 Å². The van der Waals surface area contributed by atoms with E-state index in [1.807, 2.05) is 6.92 Å². The highest BCUT2D eigenvalue weighted by Gasteiger charge is 2.23. The molecule has 0 aromatic heterocycles. The second-order valence-corrected chi connectivity index (χ2v) is 4.51. The predicted molar refractivity (Wildman–Crippen MR) is 61.6 cm³/mol. The van der Waals surface area contributed by atoms with Crippen molar-refractivity contribution in [3.8, 4) is 0 Å². The minimum absolute atomic E-state index is 0.0679. The van der Waals surface area contributed by atoms with E-state index in [1.54, 1.807) is 18.9 Å². The fourth-order valence-electron chi connectivity index (χ4n) is 1.61. The van der Waals surface area contributed by atoms with Crippen LogP contribution in [0.15, 0.2) is 0 Å². The number of ketones is 1. The molecule has 0 heterocycles. The summed E-state index contributed by atoms with van der Waals surface area (Å²) in [6.07, 6.45) is 2.11. The average molecular weight is 213 g/mol. The summed E-state index contributed by atoms with van der Waals surface area (Å²) in [5.74, 6) is 0.574. The van der Waals surface area contributed by atoms with Gasteiger partial charge in [0.1, 0.15) is 0 Å². The molecule has 0 spiro atoms. The number of carbonyl (C=O) groups is 2. The highest BCUT2D eigenvalue weighted by Crippen LogP contribution is 2.12. The maximum Gasteiger partial charge on any atom is 0.222 e. The van der Waals surface area contributed by atoms with Crippen LogP contribution in [0.1, 0.15) is 47.0 Å². The predicted octanol–water partition coefficient (Wildman–Crippen LogP) is 2.25. The quantitative estimate of drug-likeness (QED) is 0.678. The summed E-state index contributed by atoms with van der Waals surface area (Å²) in [4.78, 5) is 24.7. The molecule has 0 bridgehead atoms. The third-order valence-electron chi connectivity index (χ3n) is 2.49. The van der Waals surface area contributed by atoms with Gasteiger partial charge in [0, 0.05) is 13.5 Å². The van der Waals surface area contributed by atoms with Crippen LogP contribution in [-0.4, -0.2) is 29.7 Å². The lowest BCUT2D eigenvalue weighted by molar-refractivity contribution is -0.137. The topological polar surface area (TPSA) is 37.4 Å². The number of nitrogens with zero attached hydrogens (tertiary/aromatic N) is 1. The van der Waals surface area contributed by atoms with Crippen LogP contribution in [0.2, 0.25) is 0 Å². The minimum Gasteiger partial charge on any atom is -0.336 e. The second-order valence-electron chi connectivity index (χ2n) is 4.51. The van der Waals surface area contributed by atoms with Gasteiger partial charge in [0.25, 0.3) is 0 Å². The Labute approximate surface area is 92.8 Å². The van der Waals surface area contributed by atoms with Crippen LogP contribution in [0.4, 0.5) is 0 Å². The first-order valence-electron chi connectivity index (χ1n) is 5.66. The lowest BCUT2D eigenvalue weighted by Crippen LogP contribution is -2.42. The van der Waals surface area contributed by atoms with Crippen molar-refractivity contribution in [3.05, 3.63) is 0 Å². The van der Waals surface area contributed by atoms with Crippen LogP contribution >= 0.6 is 0 Å². The van der Waals surface area contributed by atoms with Crippen LogP contribution in [0.3, 0.4) is 0 Å². The van der Waals surface area contributed by atoms with E-state index in [4.69, 9.17) is 0 Å². The lowest BCUT2D eigenvalue weighted by Gasteiger charge is -2.27. The average Bonchev–Trinajstić information content (AvgIpc) is 2.12. The Bertz CT molecular complexity index is 224. The van der Waals surface area contributed by atoms with Gasteiger partial charge in [-0.2, -0.15) is 0 Å². The maximum atomic E-state index is 11.6. The van der Waals surface area contributed by atoms with Gasteiger partial charge in [0.15, 0.2) is 5.78 Å². The Morgan fingerprint density at radius 2 is 1.80 bits per heavy atom. The maximum absolute atomic E-state index is 11.6. The van der Waals surface area contributed by atoms with E-state index in [9.17, 15) is 9.59 Å². The van der Waals surface area contributed by atoms with Crippen molar-refractivity contribution in [2.75, 3.05) is 7.05 Å². The van der Waals surface area contributed by atoms with Crippen LogP contribution in [0, 0.1) is 5.92 Å². The van der Waals surface area contributed by atoms with Crippen molar-refractivity contribution in [2.45, 2.75) is 53.0 Å². The van der Waals surface area contributed by atoms with Gasteiger partial charge in [-0.25, -0.2) is 0 Å².